The summed E-state index contributed by atoms with van der Waals surface area (Å²) in [7, 11) is -2.48. The molecular weight excluding hydrogens is 810 g/mol. The number of hydrogen-bond acceptors (Lipinski definition) is 13. The lowest BCUT2D eigenvalue weighted by atomic mass is 9.61. The molecule has 0 fully saturated rings. The minimum absolute atomic E-state index is 0.170. The van der Waals surface area contributed by atoms with Gasteiger partial charge in [-0.15, -0.1) is 0 Å². The Morgan fingerprint density at radius 2 is 0.850 bits per heavy atom. The number of aliphatic hydroxyl groups excluding tert-OH is 3. The number of esters is 2. The quantitative estimate of drug-likeness (QED) is 0.0692. The summed E-state index contributed by atoms with van der Waals surface area (Å²) in [6, 6.07) is 8.01. The van der Waals surface area contributed by atoms with Crippen LogP contribution in [0.4, 0.5) is 0 Å². The zero-order chi connectivity index (χ0) is 47.1. The van der Waals surface area contributed by atoms with Gasteiger partial charge in [-0.2, -0.15) is 0 Å². The van der Waals surface area contributed by atoms with Crippen molar-refractivity contribution in [2.75, 3.05) is 14.2 Å². The van der Waals surface area contributed by atoms with Crippen molar-refractivity contribution in [2.45, 2.75) is 182 Å². The molecule has 344 valence electrons. The molecule has 15 heteroatoms. The molecule has 3 atom stereocenters. The summed E-state index contributed by atoms with van der Waals surface area (Å²) in [6.45, 7) is 30.4. The highest BCUT2D eigenvalue weighted by molar-refractivity contribution is 7.53. The minimum atomic E-state index is -2.61. The lowest BCUT2D eigenvalue weighted by Gasteiger charge is -2.47. The van der Waals surface area contributed by atoms with Gasteiger partial charge in [-0.1, -0.05) is 128 Å². The van der Waals surface area contributed by atoms with Gasteiger partial charge >= 0.3 is 29.1 Å². The molecule has 13 nitrogen and oxygen atoms in total. The molecular formula is C45H76O13P2. The van der Waals surface area contributed by atoms with Gasteiger partial charge in [0.05, 0.1) is 20.3 Å². The highest BCUT2D eigenvalue weighted by Crippen LogP contribution is 2.52. The summed E-state index contributed by atoms with van der Waals surface area (Å²) in [4.78, 5) is 55.9. The molecule has 0 aliphatic carbocycles. The molecule has 0 amide bonds. The number of rotatable bonds is 14. The minimum Gasteiger partial charge on any atom is -0.469 e. The highest BCUT2D eigenvalue weighted by Gasteiger charge is 2.53. The van der Waals surface area contributed by atoms with Gasteiger partial charge in [-0.05, 0) is 90.8 Å². The normalized spacial score (nSPS) is 14.7. The van der Waals surface area contributed by atoms with Crippen LogP contribution < -0.4 is 0 Å². The Morgan fingerprint density at radius 3 is 1.05 bits per heavy atom. The number of carbonyl (C=O) groups is 2. The van der Waals surface area contributed by atoms with Gasteiger partial charge in [0.15, 0.2) is 0 Å². The van der Waals surface area contributed by atoms with Crippen LogP contribution in [0.5, 0.6) is 0 Å². The first-order valence-corrected chi connectivity index (χ1v) is 22.6. The van der Waals surface area contributed by atoms with Crippen LogP contribution in [0.3, 0.4) is 0 Å². The van der Waals surface area contributed by atoms with E-state index in [9.17, 15) is 30.0 Å². The predicted molar refractivity (Wildman–Crippen MR) is 237 cm³/mol. The zero-order valence-electron chi connectivity index (χ0n) is 39.1. The van der Waals surface area contributed by atoms with E-state index in [0.717, 1.165) is 33.4 Å². The van der Waals surface area contributed by atoms with E-state index in [2.05, 4.69) is 4.31 Å². The van der Waals surface area contributed by atoms with E-state index in [4.69, 9.17) is 29.0 Å². The molecule has 2 aromatic carbocycles. The summed E-state index contributed by atoms with van der Waals surface area (Å²) in [6.07, 6.45) is -3.65. The Bertz CT molecular complexity index is 1550. The first-order chi connectivity index (χ1) is 26.9. The second-order valence-electron chi connectivity index (χ2n) is 20.9. The largest absolute Gasteiger partial charge is 0.469 e. The van der Waals surface area contributed by atoms with E-state index in [1.54, 1.807) is 0 Å². The first kappa shape index (κ1) is 55.9. The number of methoxy groups -OCH3 is 2. The Morgan fingerprint density at radius 1 is 0.567 bits per heavy atom. The molecule has 0 spiro atoms. The maximum Gasteiger partial charge on any atom is 0.334 e. The SMILES string of the molecule is COC(=O)CCc1cc(C(C)(C)C)c(C(O)(c2c(C(C)(C)C)cc(CCC(=O)OC)cc2C(C)(C)C)[C@@H](O)[C@@H](O)C(O)CC(C)(C)C)c(C(C)(C)C)c1.OP(O)OP(O)O. The van der Waals surface area contributed by atoms with Crippen LogP contribution >= 0.6 is 17.2 Å². The molecule has 0 saturated carbocycles. The third kappa shape index (κ3) is 15.9. The number of aliphatic hydroxyl groups is 4. The van der Waals surface area contributed by atoms with Crippen molar-refractivity contribution >= 4 is 29.1 Å². The van der Waals surface area contributed by atoms with Gasteiger partial charge in [0.25, 0.3) is 0 Å². The molecule has 0 bridgehead atoms. The van der Waals surface area contributed by atoms with Gasteiger partial charge in [-0.3, -0.25) is 9.59 Å². The third-order valence-electron chi connectivity index (χ3n) is 10.2. The van der Waals surface area contributed by atoms with E-state index in [1.807, 2.05) is 128 Å². The number of hydrogen-bond donors (Lipinski definition) is 8. The van der Waals surface area contributed by atoms with Gasteiger partial charge in [0, 0.05) is 12.8 Å². The molecule has 60 heavy (non-hydrogen) atoms. The van der Waals surface area contributed by atoms with Crippen molar-refractivity contribution in [2.24, 2.45) is 5.41 Å². The Hall–Kier alpha value is -2.12. The van der Waals surface area contributed by atoms with Crippen LogP contribution in [0.2, 0.25) is 0 Å². The topological polar surface area (TPSA) is 224 Å². The van der Waals surface area contributed by atoms with Crippen LogP contribution in [0.1, 0.15) is 168 Å². The number of benzene rings is 2. The Kier molecular flexibility index (Phi) is 20.0. The second kappa shape index (κ2) is 21.5. The molecule has 0 saturated heterocycles. The Labute approximate surface area is 361 Å². The smallest absolute Gasteiger partial charge is 0.334 e. The average molecular weight is 887 g/mol. The zero-order valence-corrected chi connectivity index (χ0v) is 40.9. The van der Waals surface area contributed by atoms with E-state index in [-0.39, 0.29) is 36.6 Å². The van der Waals surface area contributed by atoms with Crippen LogP contribution in [0.25, 0.3) is 0 Å². The van der Waals surface area contributed by atoms with E-state index >= 15 is 0 Å². The molecule has 8 N–H and O–H groups in total. The van der Waals surface area contributed by atoms with E-state index in [0.29, 0.717) is 24.0 Å². The summed E-state index contributed by atoms with van der Waals surface area (Å²) in [5.41, 5.74) is 0.652. The summed E-state index contributed by atoms with van der Waals surface area (Å²) in [5, 5.41) is 50.6. The molecule has 0 radical (unpaired) electrons. The first-order valence-electron chi connectivity index (χ1n) is 20.2. The van der Waals surface area contributed by atoms with Crippen LogP contribution in [-0.4, -0.2) is 84.5 Å². The maximum absolute atomic E-state index is 14.1. The fraction of sp³-hybridized carbons (Fsp3) is 0.689. The number of aryl methyl sites for hydroxylation is 2. The summed E-state index contributed by atoms with van der Waals surface area (Å²) < 4.78 is 13.5. The van der Waals surface area contributed by atoms with Crippen molar-refractivity contribution < 1.29 is 63.4 Å². The highest BCUT2D eigenvalue weighted by atomic mass is 31.2. The molecule has 0 aromatic heterocycles. The standard InChI is InChI=1S/C45H72O8.H4O5P2/c1-40(2,3)26-33(46)38(49)39(50)45(51,36-29(41(4,5)6)22-27(18-20-34(47)52-16)23-30(36)42(7,8)9)37-31(43(10,11)12)24-28(19-21-35(48)53-17)25-32(37)44(13,14)15;1-6(2)5-7(3)4/h22-25,33,38-39,46,49-51H,18-21,26H2,1-17H3;1-4H/t33?,38-,39-;/m0./s1. The fourth-order valence-corrected chi connectivity index (χ4v) is 7.79. The molecule has 0 heterocycles. The van der Waals surface area contributed by atoms with Crippen molar-refractivity contribution in [1.82, 2.24) is 0 Å². The molecule has 2 aromatic rings. The van der Waals surface area contributed by atoms with Crippen molar-refractivity contribution in [1.29, 1.82) is 0 Å². The molecule has 2 rings (SSSR count). The van der Waals surface area contributed by atoms with E-state index < -0.39 is 62.8 Å². The van der Waals surface area contributed by atoms with Crippen molar-refractivity contribution in [3.63, 3.8) is 0 Å². The monoisotopic (exact) mass is 886 g/mol. The number of ether oxygens (including phenoxy) is 2. The third-order valence-corrected chi connectivity index (χ3v) is 11.4. The lowest BCUT2D eigenvalue weighted by Crippen LogP contribution is -2.55. The predicted octanol–water partition coefficient (Wildman–Crippen LogP) is 7.27. The summed E-state index contributed by atoms with van der Waals surface area (Å²) in [5.74, 6) is -0.660. The van der Waals surface area contributed by atoms with Crippen LogP contribution in [0.15, 0.2) is 24.3 Å². The molecule has 0 aliphatic heterocycles. The molecule has 1 unspecified atom stereocenters. The summed E-state index contributed by atoms with van der Waals surface area (Å²) >= 11 is 0. The van der Waals surface area contributed by atoms with Gasteiger partial charge < -0.3 is 49.5 Å². The van der Waals surface area contributed by atoms with Gasteiger partial charge in [-0.25, -0.2) is 4.31 Å². The fourth-order valence-electron chi connectivity index (χ4n) is 7.27. The van der Waals surface area contributed by atoms with E-state index in [1.165, 1.54) is 14.2 Å². The molecule has 0 aliphatic rings. The van der Waals surface area contributed by atoms with Gasteiger partial charge in [0.2, 0.25) is 0 Å². The van der Waals surface area contributed by atoms with Crippen molar-refractivity contribution in [3.05, 3.63) is 68.8 Å². The van der Waals surface area contributed by atoms with Gasteiger partial charge in [0.1, 0.15) is 17.8 Å². The lowest BCUT2D eigenvalue weighted by molar-refractivity contribution is -0.146. The average Bonchev–Trinajstić information content (AvgIpc) is 3.08. The maximum atomic E-state index is 14.1. The van der Waals surface area contributed by atoms with Crippen LogP contribution in [-0.2, 0) is 63.5 Å². The second-order valence-corrected chi connectivity index (χ2v) is 22.6. The van der Waals surface area contributed by atoms with Crippen molar-refractivity contribution in [3.8, 4) is 0 Å². The number of carbonyl (C=O) groups excluding carboxylic acids is 2. The Balaban J connectivity index is 0.00000235. The van der Waals surface area contributed by atoms with Crippen LogP contribution in [0, 0.1) is 5.41 Å².